The molecular weight excluding hydrogens is 180 g/mol. The second-order valence-corrected chi connectivity index (χ2v) is 4.41. The lowest BCUT2D eigenvalue weighted by Crippen LogP contribution is -2.29. The highest BCUT2D eigenvalue weighted by Gasteiger charge is 2.21. The molecule has 0 saturated carbocycles. The fourth-order valence-corrected chi connectivity index (χ4v) is 1.25. The lowest BCUT2D eigenvalue weighted by atomic mass is 10.1. The summed E-state index contributed by atoms with van der Waals surface area (Å²) < 4.78 is 5.32. The van der Waals surface area contributed by atoms with E-state index >= 15 is 0 Å². The van der Waals surface area contributed by atoms with Crippen LogP contribution in [0.2, 0.25) is 0 Å². The molecule has 0 heterocycles. The Kier molecular flexibility index (Phi) is 6.54. The Hall–Kier alpha value is -0.570. The number of hydrogen-bond acceptors (Lipinski definition) is 2. The summed E-state index contributed by atoms with van der Waals surface area (Å²) in [6.45, 7) is 8.57. The maximum absolute atomic E-state index is 10.7. The summed E-state index contributed by atoms with van der Waals surface area (Å²) in [5, 5.41) is 8.83. The van der Waals surface area contributed by atoms with Crippen molar-refractivity contribution in [3.05, 3.63) is 0 Å². The average molecular weight is 202 g/mol. The van der Waals surface area contributed by atoms with Crippen LogP contribution in [0, 0.1) is 11.8 Å². The topological polar surface area (TPSA) is 46.5 Å². The number of rotatable bonds is 7. The van der Waals surface area contributed by atoms with Crippen LogP contribution in [0.4, 0.5) is 0 Å². The molecule has 1 unspecified atom stereocenters. The number of carboxylic acid groups (broad SMARTS) is 1. The van der Waals surface area contributed by atoms with E-state index in [-0.39, 0.29) is 5.92 Å². The predicted molar refractivity (Wildman–Crippen MR) is 56.3 cm³/mol. The molecule has 0 aromatic rings. The lowest BCUT2D eigenvalue weighted by Gasteiger charge is -2.17. The summed E-state index contributed by atoms with van der Waals surface area (Å²) in [7, 11) is 0. The Morgan fingerprint density at radius 3 is 2.21 bits per heavy atom. The minimum absolute atomic E-state index is 0.0338. The second kappa shape index (κ2) is 6.82. The van der Waals surface area contributed by atoms with Crippen molar-refractivity contribution in [3.8, 4) is 0 Å². The summed E-state index contributed by atoms with van der Waals surface area (Å²) in [5.41, 5.74) is 0. The van der Waals surface area contributed by atoms with E-state index in [1.54, 1.807) is 0 Å². The highest BCUT2D eigenvalue weighted by atomic mass is 16.5. The third-order valence-corrected chi connectivity index (χ3v) is 2.07. The Labute approximate surface area is 86.5 Å². The van der Waals surface area contributed by atoms with Crippen molar-refractivity contribution in [2.45, 2.75) is 46.6 Å². The number of ether oxygens (including phenoxy) is 1. The first-order valence-corrected chi connectivity index (χ1v) is 5.29. The van der Waals surface area contributed by atoms with Gasteiger partial charge in [0.2, 0.25) is 0 Å². The van der Waals surface area contributed by atoms with Crippen molar-refractivity contribution < 1.29 is 14.6 Å². The van der Waals surface area contributed by atoms with E-state index in [1.165, 1.54) is 0 Å². The molecule has 3 heteroatoms. The van der Waals surface area contributed by atoms with E-state index in [1.807, 2.05) is 13.8 Å². The molecule has 0 fully saturated rings. The first-order chi connectivity index (χ1) is 6.45. The number of carbonyl (C=O) groups is 1. The fraction of sp³-hybridized carbons (Fsp3) is 0.909. The molecule has 0 radical (unpaired) electrons. The largest absolute Gasteiger partial charge is 0.479 e. The van der Waals surface area contributed by atoms with Gasteiger partial charge in [-0.05, 0) is 24.7 Å². The first-order valence-electron chi connectivity index (χ1n) is 5.29. The molecule has 0 saturated heterocycles. The van der Waals surface area contributed by atoms with Crippen molar-refractivity contribution in [3.63, 3.8) is 0 Å². The van der Waals surface area contributed by atoms with E-state index in [2.05, 4.69) is 13.8 Å². The number of hydrogen-bond donors (Lipinski definition) is 1. The molecule has 0 bridgehead atoms. The second-order valence-electron chi connectivity index (χ2n) is 4.41. The fourth-order valence-electron chi connectivity index (χ4n) is 1.25. The van der Waals surface area contributed by atoms with Crippen LogP contribution < -0.4 is 0 Å². The minimum Gasteiger partial charge on any atom is -0.479 e. The van der Waals surface area contributed by atoms with Crippen LogP contribution in [-0.2, 0) is 9.53 Å². The molecule has 0 aromatic heterocycles. The number of aliphatic carboxylic acids is 1. The standard InChI is InChI=1S/C11H22O3/c1-8(2)6-5-7-14-10(9(3)4)11(12)13/h8-10H,5-7H2,1-4H3,(H,12,13). The highest BCUT2D eigenvalue weighted by Crippen LogP contribution is 2.09. The van der Waals surface area contributed by atoms with Gasteiger partial charge < -0.3 is 9.84 Å². The van der Waals surface area contributed by atoms with Gasteiger partial charge in [0, 0.05) is 6.61 Å². The van der Waals surface area contributed by atoms with Gasteiger partial charge in [-0.2, -0.15) is 0 Å². The van der Waals surface area contributed by atoms with Gasteiger partial charge in [0.25, 0.3) is 0 Å². The van der Waals surface area contributed by atoms with Gasteiger partial charge in [-0.15, -0.1) is 0 Å². The molecule has 3 nitrogen and oxygen atoms in total. The molecule has 84 valence electrons. The van der Waals surface area contributed by atoms with Crippen molar-refractivity contribution in [1.29, 1.82) is 0 Å². The molecule has 1 atom stereocenters. The Morgan fingerprint density at radius 1 is 1.29 bits per heavy atom. The summed E-state index contributed by atoms with van der Waals surface area (Å²) in [6.07, 6.45) is 1.38. The van der Waals surface area contributed by atoms with Crippen LogP contribution >= 0.6 is 0 Å². The van der Waals surface area contributed by atoms with E-state index in [4.69, 9.17) is 9.84 Å². The van der Waals surface area contributed by atoms with Crippen molar-refractivity contribution in [2.75, 3.05) is 6.61 Å². The Balaban J connectivity index is 3.67. The molecule has 0 rings (SSSR count). The predicted octanol–water partition coefficient (Wildman–Crippen LogP) is 2.55. The van der Waals surface area contributed by atoms with E-state index in [0.717, 1.165) is 12.8 Å². The van der Waals surface area contributed by atoms with Gasteiger partial charge in [-0.25, -0.2) is 4.79 Å². The van der Waals surface area contributed by atoms with Gasteiger partial charge in [0.15, 0.2) is 6.10 Å². The maximum Gasteiger partial charge on any atom is 0.333 e. The van der Waals surface area contributed by atoms with Crippen LogP contribution in [0.25, 0.3) is 0 Å². The molecule has 0 spiro atoms. The molecule has 14 heavy (non-hydrogen) atoms. The van der Waals surface area contributed by atoms with E-state index in [0.29, 0.717) is 12.5 Å². The first kappa shape index (κ1) is 13.4. The summed E-state index contributed by atoms with van der Waals surface area (Å²) in [4.78, 5) is 10.7. The van der Waals surface area contributed by atoms with Gasteiger partial charge in [-0.3, -0.25) is 0 Å². The summed E-state index contributed by atoms with van der Waals surface area (Å²) in [5.74, 6) is -0.169. The molecule has 0 aliphatic rings. The molecule has 1 N–H and O–H groups in total. The molecule has 0 amide bonds. The van der Waals surface area contributed by atoms with Crippen molar-refractivity contribution in [1.82, 2.24) is 0 Å². The summed E-state index contributed by atoms with van der Waals surface area (Å²) >= 11 is 0. The molecular formula is C11H22O3. The molecule has 0 aliphatic carbocycles. The maximum atomic E-state index is 10.7. The van der Waals surface area contributed by atoms with Crippen LogP contribution in [0.1, 0.15) is 40.5 Å². The van der Waals surface area contributed by atoms with Gasteiger partial charge in [0.05, 0.1) is 0 Å². The third kappa shape index (κ3) is 5.97. The summed E-state index contributed by atoms with van der Waals surface area (Å²) in [6, 6.07) is 0. The van der Waals surface area contributed by atoms with Gasteiger partial charge in [0.1, 0.15) is 0 Å². The lowest BCUT2D eigenvalue weighted by molar-refractivity contribution is -0.153. The van der Waals surface area contributed by atoms with Gasteiger partial charge >= 0.3 is 5.97 Å². The zero-order chi connectivity index (χ0) is 11.1. The van der Waals surface area contributed by atoms with Gasteiger partial charge in [-0.1, -0.05) is 27.7 Å². The molecule has 0 aromatic carbocycles. The van der Waals surface area contributed by atoms with Crippen LogP contribution in [0.3, 0.4) is 0 Å². The monoisotopic (exact) mass is 202 g/mol. The quantitative estimate of drug-likeness (QED) is 0.645. The Bertz CT molecular complexity index is 164. The van der Waals surface area contributed by atoms with Crippen molar-refractivity contribution in [2.24, 2.45) is 11.8 Å². The average Bonchev–Trinajstić information content (AvgIpc) is 2.01. The minimum atomic E-state index is -0.857. The number of carboxylic acids is 1. The van der Waals surface area contributed by atoms with E-state index < -0.39 is 12.1 Å². The molecule has 0 aliphatic heterocycles. The van der Waals surface area contributed by atoms with E-state index in [9.17, 15) is 4.79 Å². The zero-order valence-electron chi connectivity index (χ0n) is 9.62. The van der Waals surface area contributed by atoms with Crippen LogP contribution in [-0.4, -0.2) is 23.8 Å². The van der Waals surface area contributed by atoms with Crippen molar-refractivity contribution >= 4 is 5.97 Å². The Morgan fingerprint density at radius 2 is 1.86 bits per heavy atom. The third-order valence-electron chi connectivity index (χ3n) is 2.07. The highest BCUT2D eigenvalue weighted by molar-refractivity contribution is 5.72. The smallest absolute Gasteiger partial charge is 0.333 e. The SMILES string of the molecule is CC(C)CCCOC(C(=O)O)C(C)C. The van der Waals surface area contributed by atoms with Crippen LogP contribution in [0.5, 0.6) is 0 Å². The van der Waals surface area contributed by atoms with Crippen LogP contribution in [0.15, 0.2) is 0 Å². The zero-order valence-corrected chi connectivity index (χ0v) is 9.62. The normalized spacial score (nSPS) is 13.6.